The maximum absolute atomic E-state index is 11.7. The summed E-state index contributed by atoms with van der Waals surface area (Å²) in [6, 6.07) is 44.6. The van der Waals surface area contributed by atoms with Gasteiger partial charge in [-0.3, -0.25) is 4.79 Å². The van der Waals surface area contributed by atoms with Crippen molar-refractivity contribution in [2.75, 3.05) is 0 Å². The number of carbonyl (C=O) groups is 1. The second-order valence-corrected chi connectivity index (χ2v) is 14.5. The molecular formula is C44H36BrClN6O3. The fourth-order valence-corrected chi connectivity index (χ4v) is 8.19. The summed E-state index contributed by atoms with van der Waals surface area (Å²) in [6.07, 6.45) is 2.40. The molecule has 274 valence electrons. The lowest BCUT2D eigenvalue weighted by atomic mass is 9.77. The normalized spacial score (nSPS) is 11.7. The third-order valence-corrected chi connectivity index (χ3v) is 11.0. The molecule has 0 aliphatic heterocycles. The van der Waals surface area contributed by atoms with E-state index in [2.05, 4.69) is 70.3 Å². The van der Waals surface area contributed by atoms with Crippen molar-refractivity contribution in [2.45, 2.75) is 44.7 Å². The molecule has 1 N–H and O–H groups in total. The van der Waals surface area contributed by atoms with E-state index >= 15 is 0 Å². The zero-order valence-electron chi connectivity index (χ0n) is 29.9. The average molecular weight is 812 g/mol. The number of rotatable bonds is 13. The summed E-state index contributed by atoms with van der Waals surface area (Å²) < 4.78 is 9.26. The number of hydrogen-bond donors (Lipinski definition) is 1. The van der Waals surface area contributed by atoms with Gasteiger partial charge in [0, 0.05) is 29.5 Å². The molecule has 8 aromatic rings. The molecular weight excluding hydrogens is 776 g/mol. The van der Waals surface area contributed by atoms with Crippen LogP contribution < -0.4 is 0 Å². The van der Waals surface area contributed by atoms with Crippen LogP contribution >= 0.6 is 27.5 Å². The second kappa shape index (κ2) is 15.5. The van der Waals surface area contributed by atoms with E-state index in [0.29, 0.717) is 35.8 Å². The Bertz CT molecular complexity index is 2510. The number of aliphatic carboxylic acids is 1. The van der Waals surface area contributed by atoms with Gasteiger partial charge in [0.1, 0.15) is 17.2 Å². The molecule has 3 heterocycles. The van der Waals surface area contributed by atoms with Crippen LogP contribution in [-0.4, -0.2) is 40.8 Å². The van der Waals surface area contributed by atoms with E-state index in [1.54, 1.807) is 4.80 Å². The number of aromatic nitrogens is 6. The molecule has 11 heteroatoms. The van der Waals surface area contributed by atoms with Crippen molar-refractivity contribution in [1.82, 2.24) is 29.8 Å². The standard InChI is InChI=1S/C44H36BrClN6O3/c1-2-3-23-38-47-42(46)36(27-39(53)54)51(38)28-29-24-25-37-35(26-29)40(45)41(55-37)33-21-13-14-22-34(33)43-48-50-52(49-43)44(30-15-7-4-8-16-30,31-17-9-5-10-18-31)32-19-11-6-12-20-32/h4-22,24-26H,2-3,23,27-28H2,1H3,(H,53,54). The van der Waals surface area contributed by atoms with Crippen molar-refractivity contribution in [1.29, 1.82) is 0 Å². The first-order chi connectivity index (χ1) is 26.9. The van der Waals surface area contributed by atoms with Gasteiger partial charge in [-0.05, 0) is 62.0 Å². The molecule has 0 spiro atoms. The van der Waals surface area contributed by atoms with Crippen LogP contribution in [0.2, 0.25) is 5.15 Å². The Labute approximate surface area is 331 Å². The number of benzene rings is 5. The summed E-state index contributed by atoms with van der Waals surface area (Å²) >= 11 is 10.4. The molecule has 0 fully saturated rings. The first-order valence-corrected chi connectivity index (χ1v) is 19.3. The fourth-order valence-electron chi connectivity index (χ4n) is 7.32. The Hall–Kier alpha value is -5.84. The largest absolute Gasteiger partial charge is 0.481 e. The van der Waals surface area contributed by atoms with Crippen LogP contribution in [0.5, 0.6) is 0 Å². The number of imidazole rings is 1. The predicted octanol–water partition coefficient (Wildman–Crippen LogP) is 10.2. The molecule has 0 aliphatic carbocycles. The smallest absolute Gasteiger partial charge is 0.309 e. The lowest BCUT2D eigenvalue weighted by Crippen LogP contribution is -2.39. The number of tetrazole rings is 1. The maximum Gasteiger partial charge on any atom is 0.309 e. The Morgan fingerprint density at radius 2 is 1.44 bits per heavy atom. The van der Waals surface area contributed by atoms with Gasteiger partial charge in [-0.25, -0.2) is 4.98 Å². The minimum atomic E-state index is -0.957. The van der Waals surface area contributed by atoms with Gasteiger partial charge in [-0.1, -0.05) is 146 Å². The molecule has 3 aromatic heterocycles. The highest BCUT2D eigenvalue weighted by molar-refractivity contribution is 9.10. The highest BCUT2D eigenvalue weighted by atomic mass is 79.9. The van der Waals surface area contributed by atoms with Gasteiger partial charge in [0.2, 0.25) is 5.82 Å². The predicted molar refractivity (Wildman–Crippen MR) is 217 cm³/mol. The second-order valence-electron chi connectivity index (χ2n) is 13.4. The first kappa shape index (κ1) is 36.2. The molecule has 9 nitrogen and oxygen atoms in total. The minimum absolute atomic E-state index is 0.210. The van der Waals surface area contributed by atoms with Crippen molar-refractivity contribution in [2.24, 2.45) is 0 Å². The molecule has 0 atom stereocenters. The zero-order chi connectivity index (χ0) is 37.9. The summed E-state index contributed by atoms with van der Waals surface area (Å²) in [5.41, 5.74) is 5.75. The molecule has 55 heavy (non-hydrogen) atoms. The Balaban J connectivity index is 1.21. The lowest BCUT2D eigenvalue weighted by Gasteiger charge is -2.34. The van der Waals surface area contributed by atoms with Crippen LogP contribution in [0.3, 0.4) is 0 Å². The van der Waals surface area contributed by atoms with Crippen molar-refractivity contribution in [3.05, 3.63) is 177 Å². The van der Waals surface area contributed by atoms with Crippen LogP contribution in [0.15, 0.2) is 142 Å². The molecule has 0 amide bonds. The number of nitrogens with zero attached hydrogens (tertiary/aromatic N) is 6. The number of furan rings is 1. The van der Waals surface area contributed by atoms with Gasteiger partial charge in [0.15, 0.2) is 10.7 Å². The van der Waals surface area contributed by atoms with Gasteiger partial charge in [0.25, 0.3) is 0 Å². The highest BCUT2D eigenvalue weighted by Crippen LogP contribution is 2.43. The summed E-state index contributed by atoms with van der Waals surface area (Å²) in [4.78, 5) is 18.0. The van der Waals surface area contributed by atoms with E-state index in [9.17, 15) is 9.90 Å². The molecule has 0 saturated heterocycles. The Morgan fingerprint density at radius 3 is 2.04 bits per heavy atom. The van der Waals surface area contributed by atoms with Crippen LogP contribution in [0.25, 0.3) is 33.7 Å². The summed E-state index contributed by atoms with van der Waals surface area (Å²) in [6.45, 7) is 2.53. The van der Waals surface area contributed by atoms with Gasteiger partial charge < -0.3 is 14.1 Å². The number of carboxylic acids is 1. The number of carboxylic acid groups (broad SMARTS) is 1. The van der Waals surface area contributed by atoms with Gasteiger partial charge >= 0.3 is 5.97 Å². The number of fused-ring (bicyclic) bond motifs is 1. The van der Waals surface area contributed by atoms with E-state index < -0.39 is 11.5 Å². The van der Waals surface area contributed by atoms with Gasteiger partial charge in [-0.2, -0.15) is 0 Å². The molecule has 0 saturated carbocycles. The summed E-state index contributed by atoms with van der Waals surface area (Å²) in [5.74, 6) is 0.890. The van der Waals surface area contributed by atoms with E-state index in [-0.39, 0.29) is 11.6 Å². The number of hydrogen-bond acceptors (Lipinski definition) is 6. The van der Waals surface area contributed by atoms with Crippen molar-refractivity contribution in [3.63, 3.8) is 0 Å². The minimum Gasteiger partial charge on any atom is -0.481 e. The Kier molecular flexibility index (Phi) is 10.2. The average Bonchev–Trinajstić information content (AvgIpc) is 3.91. The molecule has 0 radical (unpaired) electrons. The molecule has 0 aliphatic rings. The molecule has 5 aromatic carbocycles. The maximum atomic E-state index is 11.7. The van der Waals surface area contributed by atoms with E-state index in [1.807, 2.05) is 95.6 Å². The van der Waals surface area contributed by atoms with Gasteiger partial charge in [0.05, 0.1) is 16.6 Å². The number of unbranched alkanes of at least 4 members (excludes halogenated alkanes) is 1. The fraction of sp³-hybridized carbons (Fsp3) is 0.159. The van der Waals surface area contributed by atoms with Crippen LogP contribution in [0.4, 0.5) is 0 Å². The highest BCUT2D eigenvalue weighted by Gasteiger charge is 2.41. The van der Waals surface area contributed by atoms with Crippen LogP contribution in [0, 0.1) is 0 Å². The van der Waals surface area contributed by atoms with E-state index in [1.165, 1.54) is 0 Å². The number of halogens is 2. The Morgan fingerprint density at radius 1 is 0.836 bits per heavy atom. The quantitative estimate of drug-likeness (QED) is 0.115. The van der Waals surface area contributed by atoms with Crippen molar-refractivity contribution < 1.29 is 14.3 Å². The SMILES string of the molecule is CCCCc1nc(Cl)c(CC(=O)O)n1Cc1ccc2oc(-c3ccccc3-c3nnn(C(c4ccccc4)(c4ccccc4)c4ccccc4)n3)c(Br)c2c1. The third kappa shape index (κ3) is 6.77. The van der Waals surface area contributed by atoms with Crippen molar-refractivity contribution >= 4 is 44.5 Å². The zero-order valence-corrected chi connectivity index (χ0v) is 32.3. The first-order valence-electron chi connectivity index (χ1n) is 18.1. The van der Waals surface area contributed by atoms with Crippen LogP contribution in [-0.2, 0) is 29.7 Å². The van der Waals surface area contributed by atoms with E-state index in [4.69, 9.17) is 31.4 Å². The van der Waals surface area contributed by atoms with E-state index in [0.717, 1.165) is 61.9 Å². The molecule has 0 bridgehead atoms. The summed E-state index contributed by atoms with van der Waals surface area (Å²) in [7, 11) is 0. The topological polar surface area (TPSA) is 112 Å². The van der Waals surface area contributed by atoms with Crippen LogP contribution in [0.1, 0.15) is 53.5 Å². The third-order valence-electron chi connectivity index (χ3n) is 9.91. The summed E-state index contributed by atoms with van der Waals surface area (Å²) in [5, 5.41) is 25.3. The lowest BCUT2D eigenvalue weighted by molar-refractivity contribution is -0.136. The monoisotopic (exact) mass is 810 g/mol. The van der Waals surface area contributed by atoms with Gasteiger partial charge in [-0.15, -0.1) is 15.0 Å². The number of aryl methyl sites for hydroxylation is 1. The van der Waals surface area contributed by atoms with Crippen molar-refractivity contribution in [3.8, 4) is 22.7 Å². The molecule has 8 rings (SSSR count). The molecule has 0 unspecified atom stereocenters.